The highest BCUT2D eigenvalue weighted by Gasteiger charge is 2.31. The SMILES string of the molecule is OCc1ccnc(Cl)c1-c1cccc(OC(F)(F)F)c1. The van der Waals surface area contributed by atoms with E-state index in [1.165, 1.54) is 24.4 Å². The maximum Gasteiger partial charge on any atom is 0.573 e. The van der Waals surface area contributed by atoms with Crippen molar-refractivity contribution in [1.29, 1.82) is 0 Å². The van der Waals surface area contributed by atoms with E-state index < -0.39 is 6.36 Å². The molecule has 0 atom stereocenters. The third-order valence-electron chi connectivity index (χ3n) is 2.52. The van der Waals surface area contributed by atoms with Crippen molar-refractivity contribution in [3.63, 3.8) is 0 Å². The fourth-order valence-corrected chi connectivity index (χ4v) is 2.04. The average molecular weight is 304 g/mol. The number of nitrogens with zero attached hydrogens (tertiary/aromatic N) is 1. The molecule has 106 valence electrons. The minimum absolute atomic E-state index is 0.0979. The largest absolute Gasteiger partial charge is 0.573 e. The highest BCUT2D eigenvalue weighted by molar-refractivity contribution is 6.32. The van der Waals surface area contributed by atoms with Crippen molar-refractivity contribution in [2.24, 2.45) is 0 Å². The summed E-state index contributed by atoms with van der Waals surface area (Å²) in [6, 6.07) is 6.88. The summed E-state index contributed by atoms with van der Waals surface area (Å²) in [5, 5.41) is 9.36. The Morgan fingerprint density at radius 2 is 2.00 bits per heavy atom. The predicted octanol–water partition coefficient (Wildman–Crippen LogP) is 3.79. The fraction of sp³-hybridized carbons (Fsp3) is 0.154. The zero-order chi connectivity index (χ0) is 14.8. The Balaban J connectivity index is 2.46. The molecule has 0 saturated carbocycles. The van der Waals surface area contributed by atoms with Crippen LogP contribution in [0.4, 0.5) is 13.2 Å². The molecule has 1 heterocycles. The van der Waals surface area contributed by atoms with Gasteiger partial charge in [-0.05, 0) is 29.3 Å². The van der Waals surface area contributed by atoms with Crippen LogP contribution in [0.1, 0.15) is 5.56 Å². The van der Waals surface area contributed by atoms with Gasteiger partial charge in [-0.1, -0.05) is 23.7 Å². The van der Waals surface area contributed by atoms with E-state index in [2.05, 4.69) is 9.72 Å². The molecule has 0 radical (unpaired) electrons. The highest BCUT2D eigenvalue weighted by Crippen LogP contribution is 2.33. The number of ether oxygens (including phenoxy) is 1. The van der Waals surface area contributed by atoms with Crippen molar-refractivity contribution in [1.82, 2.24) is 4.98 Å². The van der Waals surface area contributed by atoms with E-state index in [-0.39, 0.29) is 17.5 Å². The Labute approximate surface area is 117 Å². The zero-order valence-corrected chi connectivity index (χ0v) is 10.7. The number of hydrogen-bond donors (Lipinski definition) is 1. The summed E-state index contributed by atoms with van der Waals surface area (Å²) >= 11 is 5.94. The van der Waals surface area contributed by atoms with E-state index in [1.807, 2.05) is 0 Å². The van der Waals surface area contributed by atoms with Crippen LogP contribution in [0, 0.1) is 0 Å². The number of alkyl halides is 3. The molecule has 2 aromatic rings. The first-order valence-corrected chi connectivity index (χ1v) is 5.89. The van der Waals surface area contributed by atoms with Crippen molar-refractivity contribution in [2.45, 2.75) is 13.0 Å². The van der Waals surface area contributed by atoms with Gasteiger partial charge in [0.25, 0.3) is 0 Å². The third kappa shape index (κ3) is 3.40. The fourth-order valence-electron chi connectivity index (χ4n) is 1.76. The van der Waals surface area contributed by atoms with Crippen molar-refractivity contribution in [3.8, 4) is 16.9 Å². The second-order valence-electron chi connectivity index (χ2n) is 3.87. The summed E-state index contributed by atoms with van der Waals surface area (Å²) in [4.78, 5) is 3.86. The van der Waals surface area contributed by atoms with E-state index in [4.69, 9.17) is 11.6 Å². The summed E-state index contributed by atoms with van der Waals surface area (Å²) in [7, 11) is 0. The van der Waals surface area contributed by atoms with Crippen LogP contribution in [-0.2, 0) is 6.61 Å². The molecule has 0 aliphatic carbocycles. The summed E-state index contributed by atoms with van der Waals surface area (Å²) in [5.41, 5.74) is 1.23. The van der Waals surface area contributed by atoms with Gasteiger partial charge < -0.3 is 9.84 Å². The molecular formula is C13H9ClF3NO2. The normalized spacial score (nSPS) is 11.4. The van der Waals surface area contributed by atoms with E-state index >= 15 is 0 Å². The molecule has 20 heavy (non-hydrogen) atoms. The smallest absolute Gasteiger partial charge is 0.406 e. The summed E-state index contributed by atoms with van der Waals surface area (Å²) in [6.45, 7) is -0.304. The van der Waals surface area contributed by atoms with Crippen LogP contribution in [0.3, 0.4) is 0 Å². The molecule has 1 N–H and O–H groups in total. The number of aromatic nitrogens is 1. The summed E-state index contributed by atoms with van der Waals surface area (Å²) < 4.78 is 40.5. The first kappa shape index (κ1) is 14.6. The lowest BCUT2D eigenvalue weighted by Gasteiger charge is -2.12. The first-order chi connectivity index (χ1) is 9.40. The number of rotatable bonds is 3. The maximum atomic E-state index is 12.2. The van der Waals surface area contributed by atoms with Crippen LogP contribution in [-0.4, -0.2) is 16.5 Å². The molecule has 0 saturated heterocycles. The van der Waals surface area contributed by atoms with Crippen LogP contribution in [0.2, 0.25) is 5.15 Å². The van der Waals surface area contributed by atoms with Crippen molar-refractivity contribution < 1.29 is 23.0 Å². The minimum atomic E-state index is -4.77. The van der Waals surface area contributed by atoms with E-state index in [0.717, 1.165) is 0 Å². The Bertz CT molecular complexity index is 617. The van der Waals surface area contributed by atoms with E-state index in [9.17, 15) is 18.3 Å². The summed E-state index contributed by atoms with van der Waals surface area (Å²) in [6.07, 6.45) is -3.36. The molecule has 0 bridgehead atoms. The van der Waals surface area contributed by atoms with Gasteiger partial charge in [-0.15, -0.1) is 13.2 Å². The standard InChI is InChI=1S/C13H9ClF3NO2/c14-12-11(9(7-19)4-5-18-12)8-2-1-3-10(6-8)20-13(15,16)17/h1-6,19H,7H2. The Kier molecular flexibility index (Phi) is 4.15. The molecule has 1 aromatic carbocycles. The second kappa shape index (κ2) is 5.68. The number of hydrogen-bond acceptors (Lipinski definition) is 3. The average Bonchev–Trinajstić information content (AvgIpc) is 2.36. The molecule has 0 aliphatic heterocycles. The molecule has 3 nitrogen and oxygen atoms in total. The molecule has 0 fully saturated rings. The Morgan fingerprint density at radius 3 is 2.65 bits per heavy atom. The van der Waals surface area contributed by atoms with Crippen LogP contribution in [0.25, 0.3) is 11.1 Å². The van der Waals surface area contributed by atoms with Gasteiger partial charge in [-0.2, -0.15) is 0 Å². The van der Waals surface area contributed by atoms with Gasteiger partial charge in [-0.3, -0.25) is 0 Å². The Hall–Kier alpha value is -1.79. The predicted molar refractivity (Wildman–Crippen MR) is 67.3 cm³/mol. The lowest BCUT2D eigenvalue weighted by atomic mass is 10.0. The number of benzene rings is 1. The summed E-state index contributed by atoms with van der Waals surface area (Å²) in [5.74, 6) is -0.362. The Morgan fingerprint density at radius 1 is 1.25 bits per heavy atom. The molecule has 2 rings (SSSR count). The molecule has 0 unspecified atom stereocenters. The third-order valence-corrected chi connectivity index (χ3v) is 2.80. The van der Waals surface area contributed by atoms with Crippen LogP contribution < -0.4 is 4.74 Å². The van der Waals surface area contributed by atoms with Crippen LogP contribution in [0.15, 0.2) is 36.5 Å². The van der Waals surface area contributed by atoms with Crippen molar-refractivity contribution >= 4 is 11.6 Å². The van der Waals surface area contributed by atoms with Gasteiger partial charge in [0.2, 0.25) is 0 Å². The molecular weight excluding hydrogens is 295 g/mol. The van der Waals surface area contributed by atoms with Crippen LogP contribution in [0.5, 0.6) is 5.75 Å². The van der Waals surface area contributed by atoms with E-state index in [1.54, 1.807) is 12.1 Å². The molecule has 0 aliphatic rings. The van der Waals surface area contributed by atoms with Crippen molar-refractivity contribution in [2.75, 3.05) is 0 Å². The quantitative estimate of drug-likeness (QED) is 0.877. The van der Waals surface area contributed by atoms with Gasteiger partial charge in [-0.25, -0.2) is 4.98 Å². The monoisotopic (exact) mass is 303 g/mol. The highest BCUT2D eigenvalue weighted by atomic mass is 35.5. The number of pyridine rings is 1. The lowest BCUT2D eigenvalue weighted by Crippen LogP contribution is -2.17. The van der Waals surface area contributed by atoms with Gasteiger partial charge in [0.1, 0.15) is 10.9 Å². The van der Waals surface area contributed by atoms with Gasteiger partial charge in [0.05, 0.1) is 6.61 Å². The van der Waals surface area contributed by atoms with Crippen LogP contribution >= 0.6 is 11.6 Å². The van der Waals surface area contributed by atoms with E-state index in [0.29, 0.717) is 16.7 Å². The number of aliphatic hydroxyl groups excluding tert-OH is 1. The maximum absolute atomic E-state index is 12.2. The first-order valence-electron chi connectivity index (χ1n) is 5.51. The van der Waals surface area contributed by atoms with Gasteiger partial charge in [0, 0.05) is 11.8 Å². The van der Waals surface area contributed by atoms with Crippen molar-refractivity contribution in [3.05, 3.63) is 47.2 Å². The van der Waals surface area contributed by atoms with Gasteiger partial charge >= 0.3 is 6.36 Å². The molecule has 7 heteroatoms. The topological polar surface area (TPSA) is 42.4 Å². The van der Waals surface area contributed by atoms with Gasteiger partial charge in [0.15, 0.2) is 0 Å². The molecule has 1 aromatic heterocycles. The minimum Gasteiger partial charge on any atom is -0.406 e. The lowest BCUT2D eigenvalue weighted by molar-refractivity contribution is -0.274. The number of halogens is 4. The molecule has 0 spiro atoms. The number of aliphatic hydroxyl groups is 1. The molecule has 0 amide bonds. The second-order valence-corrected chi connectivity index (χ2v) is 4.23. The zero-order valence-electron chi connectivity index (χ0n) is 9.99.